The molecule has 1 atom stereocenters. The van der Waals surface area contributed by atoms with Gasteiger partial charge in [0, 0.05) is 19.1 Å². The Morgan fingerprint density at radius 2 is 1.90 bits per heavy atom. The normalized spacial score (nSPS) is 30.2. The molecular formula is C15H26N2O3. The van der Waals surface area contributed by atoms with Gasteiger partial charge in [-0.15, -0.1) is 0 Å². The molecule has 1 saturated carbocycles. The number of carbonyl (C=O) groups excluding carboxylic acids is 1. The fourth-order valence-electron chi connectivity index (χ4n) is 3.41. The summed E-state index contributed by atoms with van der Waals surface area (Å²) in [5, 5.41) is 12.0. The molecule has 1 aliphatic carbocycles. The van der Waals surface area contributed by atoms with Crippen molar-refractivity contribution in [3.05, 3.63) is 0 Å². The van der Waals surface area contributed by atoms with E-state index >= 15 is 0 Å². The minimum absolute atomic E-state index is 0.0439. The smallest absolute Gasteiger partial charge is 0.317 e. The highest BCUT2D eigenvalue weighted by Gasteiger charge is 2.30. The molecule has 2 fully saturated rings. The maximum absolute atomic E-state index is 12.2. The van der Waals surface area contributed by atoms with Crippen molar-refractivity contribution in [2.24, 2.45) is 11.8 Å². The van der Waals surface area contributed by atoms with Gasteiger partial charge in [-0.1, -0.05) is 13.3 Å². The minimum atomic E-state index is -0.697. The molecule has 0 spiro atoms. The van der Waals surface area contributed by atoms with Gasteiger partial charge in [0.05, 0.1) is 5.92 Å². The van der Waals surface area contributed by atoms with Crippen LogP contribution in [-0.2, 0) is 4.79 Å². The molecule has 1 heterocycles. The lowest BCUT2D eigenvalue weighted by Gasteiger charge is -2.28. The molecule has 114 valence electrons. The molecule has 1 aliphatic heterocycles. The lowest BCUT2D eigenvalue weighted by Crippen LogP contribution is -2.45. The van der Waals surface area contributed by atoms with E-state index in [9.17, 15) is 9.59 Å². The van der Waals surface area contributed by atoms with Crippen LogP contribution < -0.4 is 5.32 Å². The molecule has 1 unspecified atom stereocenters. The van der Waals surface area contributed by atoms with Gasteiger partial charge >= 0.3 is 12.0 Å². The average Bonchev–Trinajstić information content (AvgIpc) is 2.88. The molecule has 2 rings (SSSR count). The molecule has 0 radical (unpaired) electrons. The molecule has 5 nitrogen and oxygen atoms in total. The Labute approximate surface area is 120 Å². The van der Waals surface area contributed by atoms with E-state index in [-0.39, 0.29) is 18.0 Å². The fraction of sp³-hybridized carbons (Fsp3) is 0.867. The summed E-state index contributed by atoms with van der Waals surface area (Å²) in [6.07, 6.45) is 6.43. The highest BCUT2D eigenvalue weighted by Crippen LogP contribution is 2.25. The zero-order valence-electron chi connectivity index (χ0n) is 12.3. The third-order valence-electron chi connectivity index (χ3n) is 4.67. The summed E-state index contributed by atoms with van der Waals surface area (Å²) >= 11 is 0. The lowest BCUT2D eigenvalue weighted by molar-refractivity contribution is -0.142. The van der Waals surface area contributed by atoms with Gasteiger partial charge in [0.25, 0.3) is 0 Å². The number of hydrogen-bond donors (Lipinski definition) is 2. The van der Waals surface area contributed by atoms with Gasteiger partial charge in [-0.25, -0.2) is 4.79 Å². The Morgan fingerprint density at radius 3 is 2.50 bits per heavy atom. The van der Waals surface area contributed by atoms with Gasteiger partial charge in [-0.3, -0.25) is 4.79 Å². The lowest BCUT2D eigenvalue weighted by atomic mass is 9.86. The van der Waals surface area contributed by atoms with E-state index < -0.39 is 5.97 Å². The molecule has 0 aromatic heterocycles. The topological polar surface area (TPSA) is 69.6 Å². The molecule has 0 aromatic carbocycles. The van der Waals surface area contributed by atoms with Crippen LogP contribution in [0.15, 0.2) is 0 Å². The second kappa shape index (κ2) is 6.95. The van der Waals surface area contributed by atoms with Crippen molar-refractivity contribution in [3.8, 4) is 0 Å². The maximum Gasteiger partial charge on any atom is 0.317 e. The first-order chi connectivity index (χ1) is 9.60. The van der Waals surface area contributed by atoms with E-state index in [0.717, 1.165) is 32.4 Å². The van der Waals surface area contributed by atoms with Crippen molar-refractivity contribution < 1.29 is 14.7 Å². The number of urea groups is 1. The second-order valence-corrected chi connectivity index (χ2v) is 6.23. The van der Waals surface area contributed by atoms with Crippen LogP contribution >= 0.6 is 0 Å². The zero-order chi connectivity index (χ0) is 14.5. The van der Waals surface area contributed by atoms with Crippen molar-refractivity contribution in [1.82, 2.24) is 10.2 Å². The average molecular weight is 282 g/mol. The van der Waals surface area contributed by atoms with Crippen LogP contribution in [-0.4, -0.2) is 41.1 Å². The van der Waals surface area contributed by atoms with E-state index in [1.165, 1.54) is 12.8 Å². The Hall–Kier alpha value is -1.26. The third kappa shape index (κ3) is 3.87. The summed E-state index contributed by atoms with van der Waals surface area (Å²) in [6, 6.07) is 0.200. The summed E-state index contributed by atoms with van der Waals surface area (Å²) in [6.45, 7) is 3.93. The van der Waals surface area contributed by atoms with Crippen LogP contribution in [0.5, 0.6) is 0 Å². The number of nitrogens with zero attached hydrogens (tertiary/aromatic N) is 1. The molecule has 5 heteroatoms. The Kier molecular flexibility index (Phi) is 5.26. The Bertz CT molecular complexity index is 351. The van der Waals surface area contributed by atoms with Crippen molar-refractivity contribution in [3.63, 3.8) is 0 Å². The standard InChI is InChI=1S/C15H26N2O3/c1-2-3-11-8-9-17(10-11)15(20)16-13-6-4-12(5-7-13)14(18)19/h11-13H,2-10H2,1H3,(H,16,20)(H,18,19). The van der Waals surface area contributed by atoms with Crippen molar-refractivity contribution in [2.45, 2.75) is 57.9 Å². The van der Waals surface area contributed by atoms with Gasteiger partial charge < -0.3 is 15.3 Å². The molecular weight excluding hydrogens is 256 g/mol. The number of aliphatic carboxylic acids is 1. The SMILES string of the molecule is CCCC1CCN(C(=O)NC2CCC(C(=O)O)CC2)C1. The van der Waals surface area contributed by atoms with Crippen molar-refractivity contribution in [2.75, 3.05) is 13.1 Å². The first-order valence-corrected chi connectivity index (χ1v) is 7.88. The predicted octanol–water partition coefficient (Wildman–Crippen LogP) is 2.46. The second-order valence-electron chi connectivity index (χ2n) is 6.23. The number of carboxylic acid groups (broad SMARTS) is 1. The molecule has 0 bridgehead atoms. The molecule has 1 saturated heterocycles. The quantitative estimate of drug-likeness (QED) is 0.832. The third-order valence-corrected chi connectivity index (χ3v) is 4.67. The Morgan fingerprint density at radius 1 is 1.20 bits per heavy atom. The number of likely N-dealkylation sites (tertiary alicyclic amines) is 1. The van der Waals surface area contributed by atoms with Crippen LogP contribution in [0.2, 0.25) is 0 Å². The summed E-state index contributed by atoms with van der Waals surface area (Å²) in [5.74, 6) is -0.255. The van der Waals surface area contributed by atoms with E-state index in [1.54, 1.807) is 0 Å². The number of hydrogen-bond acceptors (Lipinski definition) is 2. The first kappa shape index (κ1) is 15.1. The summed E-state index contributed by atoms with van der Waals surface area (Å²) in [4.78, 5) is 25.0. The number of carboxylic acids is 1. The van der Waals surface area contributed by atoms with Gasteiger partial charge in [-0.2, -0.15) is 0 Å². The molecule has 20 heavy (non-hydrogen) atoms. The van der Waals surface area contributed by atoms with Crippen molar-refractivity contribution >= 4 is 12.0 Å². The maximum atomic E-state index is 12.2. The Balaban J connectivity index is 1.72. The van der Waals surface area contributed by atoms with E-state index in [1.807, 2.05) is 4.90 Å². The van der Waals surface area contributed by atoms with Crippen LogP contribution in [0.4, 0.5) is 4.79 Å². The van der Waals surface area contributed by atoms with E-state index in [0.29, 0.717) is 18.8 Å². The number of amides is 2. The van der Waals surface area contributed by atoms with Crippen LogP contribution in [0.1, 0.15) is 51.9 Å². The number of nitrogens with one attached hydrogen (secondary N) is 1. The largest absolute Gasteiger partial charge is 0.481 e. The molecule has 2 amide bonds. The number of carbonyl (C=O) groups is 2. The monoisotopic (exact) mass is 282 g/mol. The van der Waals surface area contributed by atoms with E-state index in [2.05, 4.69) is 12.2 Å². The minimum Gasteiger partial charge on any atom is -0.481 e. The molecule has 2 aliphatic rings. The first-order valence-electron chi connectivity index (χ1n) is 7.88. The summed E-state index contributed by atoms with van der Waals surface area (Å²) < 4.78 is 0. The predicted molar refractivity (Wildman–Crippen MR) is 76.5 cm³/mol. The van der Waals surface area contributed by atoms with Gasteiger partial charge in [0.15, 0.2) is 0 Å². The molecule has 2 N–H and O–H groups in total. The van der Waals surface area contributed by atoms with Gasteiger partial charge in [0.1, 0.15) is 0 Å². The zero-order valence-corrected chi connectivity index (χ0v) is 12.3. The van der Waals surface area contributed by atoms with Crippen LogP contribution in [0.25, 0.3) is 0 Å². The van der Waals surface area contributed by atoms with Gasteiger partial charge in [0.2, 0.25) is 0 Å². The van der Waals surface area contributed by atoms with Crippen LogP contribution in [0, 0.1) is 11.8 Å². The van der Waals surface area contributed by atoms with Crippen molar-refractivity contribution in [1.29, 1.82) is 0 Å². The highest BCUT2D eigenvalue weighted by atomic mass is 16.4. The summed E-state index contributed by atoms with van der Waals surface area (Å²) in [7, 11) is 0. The fourth-order valence-corrected chi connectivity index (χ4v) is 3.41. The van der Waals surface area contributed by atoms with Gasteiger partial charge in [-0.05, 0) is 44.4 Å². The summed E-state index contributed by atoms with van der Waals surface area (Å²) in [5.41, 5.74) is 0. The number of rotatable bonds is 4. The van der Waals surface area contributed by atoms with E-state index in [4.69, 9.17) is 5.11 Å². The van der Waals surface area contributed by atoms with Crippen LogP contribution in [0.3, 0.4) is 0 Å². The highest BCUT2D eigenvalue weighted by molar-refractivity contribution is 5.75. The molecule has 0 aromatic rings.